The second kappa shape index (κ2) is 5.25. The first-order chi connectivity index (χ1) is 8.27. The zero-order valence-electron chi connectivity index (χ0n) is 10.0. The average Bonchev–Trinajstić information content (AvgIpc) is 2.38. The monoisotopic (exact) mass is 225 g/mol. The third kappa shape index (κ3) is 2.91. The first kappa shape index (κ1) is 11.3. The lowest BCUT2D eigenvalue weighted by Gasteiger charge is -2.13. The lowest BCUT2D eigenvalue weighted by atomic mass is 10.2. The number of anilines is 1. The second-order valence-corrected chi connectivity index (χ2v) is 3.92. The Morgan fingerprint density at radius 1 is 0.765 bits per heavy atom. The lowest BCUT2D eigenvalue weighted by molar-refractivity contribution is 1.11. The molecular formula is C14H15N3. The van der Waals surface area contributed by atoms with E-state index in [9.17, 15) is 0 Å². The Labute approximate surface area is 101 Å². The van der Waals surface area contributed by atoms with Crippen LogP contribution in [0.4, 0.5) is 17.1 Å². The predicted octanol–water partition coefficient (Wildman–Crippen LogP) is 4.17. The van der Waals surface area contributed by atoms with Gasteiger partial charge in [-0.15, -0.1) is 5.11 Å². The third-order valence-corrected chi connectivity index (χ3v) is 2.39. The van der Waals surface area contributed by atoms with Gasteiger partial charge in [0.1, 0.15) is 5.69 Å². The zero-order valence-corrected chi connectivity index (χ0v) is 10.0. The number of azo groups is 1. The van der Waals surface area contributed by atoms with Crippen LogP contribution in [0.5, 0.6) is 0 Å². The topological polar surface area (TPSA) is 28.0 Å². The molecule has 17 heavy (non-hydrogen) atoms. The molecule has 0 saturated heterocycles. The van der Waals surface area contributed by atoms with Gasteiger partial charge in [-0.05, 0) is 24.3 Å². The van der Waals surface area contributed by atoms with E-state index in [2.05, 4.69) is 10.2 Å². The van der Waals surface area contributed by atoms with E-state index in [4.69, 9.17) is 0 Å². The number of rotatable bonds is 3. The normalized spacial score (nSPS) is 10.7. The number of benzene rings is 2. The van der Waals surface area contributed by atoms with Crippen LogP contribution in [-0.2, 0) is 0 Å². The number of nitrogens with zero attached hydrogens (tertiary/aromatic N) is 3. The Morgan fingerprint density at radius 2 is 1.41 bits per heavy atom. The quantitative estimate of drug-likeness (QED) is 0.720. The van der Waals surface area contributed by atoms with Gasteiger partial charge in [-0.3, -0.25) is 0 Å². The molecule has 0 fully saturated rings. The molecule has 3 heteroatoms. The van der Waals surface area contributed by atoms with Crippen LogP contribution in [0, 0.1) is 0 Å². The number of para-hydroxylation sites is 1. The number of hydrogen-bond donors (Lipinski definition) is 0. The van der Waals surface area contributed by atoms with Crippen LogP contribution in [0.15, 0.2) is 64.8 Å². The van der Waals surface area contributed by atoms with Gasteiger partial charge in [0.25, 0.3) is 0 Å². The lowest BCUT2D eigenvalue weighted by Crippen LogP contribution is -2.08. The minimum Gasteiger partial charge on any atom is -0.376 e. The summed E-state index contributed by atoms with van der Waals surface area (Å²) in [5.74, 6) is 0. The molecule has 0 spiro atoms. The molecule has 0 heterocycles. The third-order valence-electron chi connectivity index (χ3n) is 2.39. The molecule has 86 valence electrons. The Morgan fingerprint density at radius 3 is 2.12 bits per heavy atom. The standard InChI is InChI=1S/C14H15N3/c1-17(2)14-11-7-6-10-13(14)16-15-12-8-4-3-5-9-12/h3-11H,1-2H3/b16-15+. The summed E-state index contributed by atoms with van der Waals surface area (Å²) >= 11 is 0. The van der Waals surface area contributed by atoms with Gasteiger partial charge >= 0.3 is 0 Å². The van der Waals surface area contributed by atoms with Gasteiger partial charge < -0.3 is 4.90 Å². The molecule has 0 aliphatic rings. The molecule has 0 radical (unpaired) electrons. The van der Waals surface area contributed by atoms with Crippen molar-refractivity contribution in [1.29, 1.82) is 0 Å². The van der Waals surface area contributed by atoms with E-state index in [0.717, 1.165) is 17.1 Å². The molecule has 2 aromatic carbocycles. The highest BCUT2D eigenvalue weighted by Crippen LogP contribution is 2.28. The zero-order chi connectivity index (χ0) is 12.1. The largest absolute Gasteiger partial charge is 0.376 e. The van der Waals surface area contributed by atoms with Gasteiger partial charge in [-0.1, -0.05) is 30.3 Å². The Kier molecular flexibility index (Phi) is 3.50. The van der Waals surface area contributed by atoms with Crippen LogP contribution < -0.4 is 4.90 Å². The summed E-state index contributed by atoms with van der Waals surface area (Å²) in [6.07, 6.45) is 0. The summed E-state index contributed by atoms with van der Waals surface area (Å²) in [7, 11) is 3.99. The van der Waals surface area contributed by atoms with Crippen LogP contribution >= 0.6 is 0 Å². The summed E-state index contributed by atoms with van der Waals surface area (Å²) in [5.41, 5.74) is 2.80. The Bertz CT molecular complexity index is 504. The van der Waals surface area contributed by atoms with E-state index in [1.807, 2.05) is 73.6 Å². The van der Waals surface area contributed by atoms with Crippen LogP contribution in [0.1, 0.15) is 0 Å². The molecule has 2 aromatic rings. The summed E-state index contributed by atoms with van der Waals surface area (Å²) in [5, 5.41) is 8.50. The molecule has 0 aromatic heterocycles. The van der Waals surface area contributed by atoms with Crippen LogP contribution in [0.3, 0.4) is 0 Å². The van der Waals surface area contributed by atoms with Crippen molar-refractivity contribution in [3.8, 4) is 0 Å². The van der Waals surface area contributed by atoms with E-state index >= 15 is 0 Å². The molecule has 0 unspecified atom stereocenters. The first-order valence-corrected chi connectivity index (χ1v) is 5.50. The molecule has 0 N–H and O–H groups in total. The fourth-order valence-corrected chi connectivity index (χ4v) is 1.53. The van der Waals surface area contributed by atoms with E-state index in [1.54, 1.807) is 0 Å². The maximum Gasteiger partial charge on any atom is 0.109 e. The summed E-state index contributed by atoms with van der Waals surface area (Å²) in [4.78, 5) is 2.03. The van der Waals surface area contributed by atoms with Gasteiger partial charge in [-0.25, -0.2) is 0 Å². The Hall–Kier alpha value is -2.16. The molecule has 2 rings (SSSR count). The van der Waals surface area contributed by atoms with E-state index in [-0.39, 0.29) is 0 Å². The van der Waals surface area contributed by atoms with E-state index in [0.29, 0.717) is 0 Å². The first-order valence-electron chi connectivity index (χ1n) is 5.50. The van der Waals surface area contributed by atoms with Gasteiger partial charge in [0, 0.05) is 14.1 Å². The van der Waals surface area contributed by atoms with Crippen molar-refractivity contribution in [3.63, 3.8) is 0 Å². The molecule has 0 amide bonds. The van der Waals surface area contributed by atoms with Crippen molar-refractivity contribution in [2.45, 2.75) is 0 Å². The predicted molar refractivity (Wildman–Crippen MR) is 71.4 cm³/mol. The second-order valence-electron chi connectivity index (χ2n) is 3.92. The van der Waals surface area contributed by atoms with Crippen molar-refractivity contribution in [2.75, 3.05) is 19.0 Å². The highest BCUT2D eigenvalue weighted by Gasteiger charge is 2.01. The summed E-state index contributed by atoms with van der Waals surface area (Å²) < 4.78 is 0. The molecule has 0 aliphatic carbocycles. The van der Waals surface area contributed by atoms with Crippen molar-refractivity contribution in [1.82, 2.24) is 0 Å². The molecular weight excluding hydrogens is 210 g/mol. The smallest absolute Gasteiger partial charge is 0.109 e. The molecule has 0 bridgehead atoms. The van der Waals surface area contributed by atoms with Gasteiger partial charge in [0.15, 0.2) is 0 Å². The number of hydrogen-bond acceptors (Lipinski definition) is 3. The maximum absolute atomic E-state index is 4.28. The highest BCUT2D eigenvalue weighted by molar-refractivity contribution is 5.65. The molecule has 0 aliphatic heterocycles. The highest BCUT2D eigenvalue weighted by atomic mass is 15.1. The Balaban J connectivity index is 2.27. The maximum atomic E-state index is 4.28. The SMILES string of the molecule is CN(C)c1ccccc1/N=N/c1ccccc1. The van der Waals surface area contributed by atoms with Crippen molar-refractivity contribution < 1.29 is 0 Å². The van der Waals surface area contributed by atoms with E-state index in [1.165, 1.54) is 0 Å². The van der Waals surface area contributed by atoms with Crippen molar-refractivity contribution >= 4 is 17.1 Å². The van der Waals surface area contributed by atoms with Crippen LogP contribution in [-0.4, -0.2) is 14.1 Å². The fraction of sp³-hybridized carbons (Fsp3) is 0.143. The van der Waals surface area contributed by atoms with Gasteiger partial charge in [0.2, 0.25) is 0 Å². The van der Waals surface area contributed by atoms with Crippen LogP contribution in [0.2, 0.25) is 0 Å². The minimum absolute atomic E-state index is 0.862. The fourth-order valence-electron chi connectivity index (χ4n) is 1.53. The van der Waals surface area contributed by atoms with Crippen LogP contribution in [0.25, 0.3) is 0 Å². The minimum atomic E-state index is 0.862. The molecule has 0 atom stereocenters. The average molecular weight is 225 g/mol. The molecule has 3 nitrogen and oxygen atoms in total. The summed E-state index contributed by atoms with van der Waals surface area (Å²) in [6.45, 7) is 0. The van der Waals surface area contributed by atoms with Gasteiger partial charge in [0.05, 0.1) is 11.4 Å². The van der Waals surface area contributed by atoms with E-state index < -0.39 is 0 Å². The van der Waals surface area contributed by atoms with Crippen molar-refractivity contribution in [3.05, 3.63) is 54.6 Å². The summed E-state index contributed by atoms with van der Waals surface area (Å²) in [6, 6.07) is 17.7. The van der Waals surface area contributed by atoms with Crippen molar-refractivity contribution in [2.24, 2.45) is 10.2 Å². The van der Waals surface area contributed by atoms with Gasteiger partial charge in [-0.2, -0.15) is 5.11 Å². The molecule has 0 saturated carbocycles.